The van der Waals surface area contributed by atoms with Crippen LogP contribution in [-0.4, -0.2) is 68.2 Å². The second-order valence-electron chi connectivity index (χ2n) is 4.74. The molecule has 2 saturated heterocycles. The van der Waals surface area contributed by atoms with Crippen molar-refractivity contribution in [3.63, 3.8) is 0 Å². The summed E-state index contributed by atoms with van der Waals surface area (Å²) in [5.74, 6) is 0.304. The maximum absolute atomic E-state index is 12.2. The Morgan fingerprint density at radius 1 is 1.50 bits per heavy atom. The molecule has 5 nitrogen and oxygen atoms in total. The smallest absolute Gasteiger partial charge is 0.228 e. The van der Waals surface area contributed by atoms with E-state index in [1.54, 1.807) is 0 Å². The monoisotopic (exact) mass is 227 g/mol. The van der Waals surface area contributed by atoms with Gasteiger partial charge in [-0.15, -0.1) is 0 Å². The predicted molar refractivity (Wildman–Crippen MR) is 61.0 cm³/mol. The third-order valence-electron chi connectivity index (χ3n) is 3.52. The number of amides is 1. The molecule has 2 fully saturated rings. The number of nitrogens with two attached hydrogens (primary N) is 1. The van der Waals surface area contributed by atoms with Crippen molar-refractivity contribution in [1.29, 1.82) is 0 Å². The molecule has 2 atom stereocenters. The topological polar surface area (TPSA) is 58.8 Å². The van der Waals surface area contributed by atoms with E-state index in [9.17, 15) is 4.79 Å². The third-order valence-corrected chi connectivity index (χ3v) is 3.52. The number of rotatable bonds is 2. The molecule has 0 bridgehead atoms. The molecule has 16 heavy (non-hydrogen) atoms. The lowest BCUT2D eigenvalue weighted by molar-refractivity contribution is -0.140. The van der Waals surface area contributed by atoms with Gasteiger partial charge in [-0.25, -0.2) is 0 Å². The van der Waals surface area contributed by atoms with E-state index in [-0.39, 0.29) is 17.9 Å². The molecule has 0 aromatic rings. The molecule has 0 saturated carbocycles. The molecule has 0 spiro atoms. The third kappa shape index (κ3) is 2.36. The molecule has 1 amide bonds. The van der Waals surface area contributed by atoms with Gasteiger partial charge >= 0.3 is 0 Å². The number of nitrogens with zero attached hydrogens (tertiary/aromatic N) is 2. The van der Waals surface area contributed by atoms with Gasteiger partial charge in [0.2, 0.25) is 5.91 Å². The van der Waals surface area contributed by atoms with Crippen LogP contribution >= 0.6 is 0 Å². The van der Waals surface area contributed by atoms with Crippen molar-refractivity contribution in [3.8, 4) is 0 Å². The van der Waals surface area contributed by atoms with Crippen LogP contribution in [0.15, 0.2) is 0 Å². The summed E-state index contributed by atoms with van der Waals surface area (Å²) in [5.41, 5.74) is 5.74. The van der Waals surface area contributed by atoms with Gasteiger partial charge in [0.25, 0.3) is 0 Å². The zero-order valence-corrected chi connectivity index (χ0v) is 9.89. The zero-order chi connectivity index (χ0) is 11.5. The second kappa shape index (κ2) is 5.12. The summed E-state index contributed by atoms with van der Waals surface area (Å²) in [7, 11) is 2.07. The van der Waals surface area contributed by atoms with Gasteiger partial charge in [0.15, 0.2) is 0 Å². The van der Waals surface area contributed by atoms with Gasteiger partial charge in [-0.3, -0.25) is 4.79 Å². The average Bonchev–Trinajstić information content (AvgIpc) is 2.81. The first kappa shape index (κ1) is 11.8. The Morgan fingerprint density at radius 2 is 2.31 bits per heavy atom. The van der Waals surface area contributed by atoms with Crippen LogP contribution in [0.4, 0.5) is 0 Å². The number of carbonyl (C=O) groups excluding carboxylic acids is 1. The summed E-state index contributed by atoms with van der Waals surface area (Å²) in [6, 6.07) is 0.173. The molecule has 0 aromatic carbocycles. The largest absolute Gasteiger partial charge is 0.381 e. The Kier molecular flexibility index (Phi) is 3.78. The summed E-state index contributed by atoms with van der Waals surface area (Å²) in [6.07, 6.45) is 0.864. The van der Waals surface area contributed by atoms with E-state index in [0.717, 1.165) is 32.7 Å². The molecule has 92 valence electrons. The molecule has 2 unspecified atom stereocenters. The van der Waals surface area contributed by atoms with Crippen molar-refractivity contribution in [1.82, 2.24) is 9.80 Å². The fourth-order valence-corrected chi connectivity index (χ4v) is 2.47. The van der Waals surface area contributed by atoms with Crippen LogP contribution in [0.3, 0.4) is 0 Å². The Labute approximate surface area is 96.5 Å². The Balaban J connectivity index is 1.98. The maximum atomic E-state index is 12.2. The minimum absolute atomic E-state index is 0.0671. The molecule has 0 aliphatic carbocycles. The lowest BCUT2D eigenvalue weighted by atomic mass is 10.0. The average molecular weight is 227 g/mol. The highest BCUT2D eigenvalue weighted by atomic mass is 16.5. The second-order valence-corrected chi connectivity index (χ2v) is 4.74. The van der Waals surface area contributed by atoms with E-state index in [2.05, 4.69) is 11.9 Å². The van der Waals surface area contributed by atoms with Crippen LogP contribution in [-0.2, 0) is 9.53 Å². The van der Waals surface area contributed by atoms with Crippen LogP contribution in [0.2, 0.25) is 0 Å². The molecular weight excluding hydrogens is 206 g/mol. The molecule has 2 rings (SSSR count). The zero-order valence-electron chi connectivity index (χ0n) is 9.89. The van der Waals surface area contributed by atoms with Crippen LogP contribution < -0.4 is 5.73 Å². The maximum Gasteiger partial charge on any atom is 0.228 e. The van der Waals surface area contributed by atoms with Crippen molar-refractivity contribution in [2.24, 2.45) is 11.7 Å². The van der Waals surface area contributed by atoms with Crippen molar-refractivity contribution >= 4 is 5.91 Å². The fourth-order valence-electron chi connectivity index (χ4n) is 2.47. The van der Waals surface area contributed by atoms with Crippen LogP contribution in [0.25, 0.3) is 0 Å². The minimum Gasteiger partial charge on any atom is -0.381 e. The number of hydrogen-bond acceptors (Lipinski definition) is 4. The highest BCUT2D eigenvalue weighted by Crippen LogP contribution is 2.18. The molecule has 0 aromatic heterocycles. The first-order valence-corrected chi connectivity index (χ1v) is 5.99. The number of likely N-dealkylation sites (N-methyl/N-ethyl adjacent to an activating group) is 1. The van der Waals surface area contributed by atoms with Gasteiger partial charge in [-0.05, 0) is 13.5 Å². The lowest BCUT2D eigenvalue weighted by Gasteiger charge is -2.40. The van der Waals surface area contributed by atoms with E-state index in [0.29, 0.717) is 13.2 Å². The number of piperazine rings is 1. The molecular formula is C11H21N3O2. The van der Waals surface area contributed by atoms with E-state index < -0.39 is 0 Å². The van der Waals surface area contributed by atoms with E-state index >= 15 is 0 Å². The molecule has 2 heterocycles. The van der Waals surface area contributed by atoms with Gasteiger partial charge in [0, 0.05) is 32.8 Å². The Morgan fingerprint density at radius 3 is 2.94 bits per heavy atom. The van der Waals surface area contributed by atoms with Gasteiger partial charge in [0.05, 0.1) is 18.6 Å². The van der Waals surface area contributed by atoms with Crippen LogP contribution in [0, 0.1) is 5.92 Å². The minimum atomic E-state index is 0.0671. The SMILES string of the molecule is CN1CCN(C(=O)C2CCOC2)C(CN)C1. The van der Waals surface area contributed by atoms with Gasteiger partial charge in [-0.2, -0.15) is 0 Å². The summed E-state index contributed by atoms with van der Waals surface area (Å²) < 4.78 is 5.27. The van der Waals surface area contributed by atoms with E-state index in [4.69, 9.17) is 10.5 Å². The molecule has 2 aliphatic rings. The number of ether oxygens (including phenoxy) is 1. The normalized spacial score (nSPS) is 32.0. The lowest BCUT2D eigenvalue weighted by Crippen LogP contribution is -2.58. The predicted octanol–water partition coefficient (Wildman–Crippen LogP) is -0.876. The quantitative estimate of drug-likeness (QED) is 0.666. The standard InChI is InChI=1S/C11H21N3O2/c1-13-3-4-14(10(6-12)7-13)11(15)9-2-5-16-8-9/h9-10H,2-8,12H2,1H3. The highest BCUT2D eigenvalue weighted by molar-refractivity contribution is 5.79. The summed E-state index contributed by atoms with van der Waals surface area (Å²) >= 11 is 0. The van der Waals surface area contributed by atoms with Gasteiger partial charge < -0.3 is 20.3 Å². The van der Waals surface area contributed by atoms with Crippen molar-refractivity contribution in [2.75, 3.05) is 46.4 Å². The first-order valence-electron chi connectivity index (χ1n) is 5.99. The van der Waals surface area contributed by atoms with Crippen molar-refractivity contribution in [2.45, 2.75) is 12.5 Å². The van der Waals surface area contributed by atoms with E-state index in [1.165, 1.54) is 0 Å². The summed E-state index contributed by atoms with van der Waals surface area (Å²) in [5, 5.41) is 0. The molecule has 0 radical (unpaired) electrons. The van der Waals surface area contributed by atoms with Crippen molar-refractivity contribution < 1.29 is 9.53 Å². The number of carbonyl (C=O) groups is 1. The Bertz CT molecular complexity index is 254. The Hall–Kier alpha value is -0.650. The molecule has 2 aliphatic heterocycles. The summed E-state index contributed by atoms with van der Waals surface area (Å²) in [4.78, 5) is 16.4. The van der Waals surface area contributed by atoms with Crippen molar-refractivity contribution in [3.05, 3.63) is 0 Å². The molecule has 5 heteroatoms. The number of hydrogen-bond donors (Lipinski definition) is 1. The van der Waals surface area contributed by atoms with Gasteiger partial charge in [0.1, 0.15) is 0 Å². The fraction of sp³-hybridized carbons (Fsp3) is 0.909. The summed E-state index contributed by atoms with van der Waals surface area (Å²) in [6.45, 7) is 4.48. The first-order chi connectivity index (χ1) is 7.72. The van der Waals surface area contributed by atoms with E-state index in [1.807, 2.05) is 4.90 Å². The van der Waals surface area contributed by atoms with Crippen LogP contribution in [0.5, 0.6) is 0 Å². The van der Waals surface area contributed by atoms with Crippen LogP contribution in [0.1, 0.15) is 6.42 Å². The van der Waals surface area contributed by atoms with Gasteiger partial charge in [-0.1, -0.05) is 0 Å². The highest BCUT2D eigenvalue weighted by Gasteiger charge is 2.33. The molecule has 2 N–H and O–H groups in total.